The average molecular weight is 558 g/mol. The molecule has 0 saturated carbocycles. The molecule has 4 aromatic carbocycles. The summed E-state index contributed by atoms with van der Waals surface area (Å²) >= 11 is 0. The molecule has 4 rings (SSSR count). The van der Waals surface area contributed by atoms with Gasteiger partial charge in [0.1, 0.15) is 11.5 Å². The summed E-state index contributed by atoms with van der Waals surface area (Å²) in [5.41, 5.74) is -9.06. The van der Waals surface area contributed by atoms with Gasteiger partial charge in [-0.3, -0.25) is 0 Å². The molecule has 0 saturated heterocycles. The molecular weight excluding hydrogens is 548 g/mol. The Hall–Kier alpha value is -3.84. The first-order valence-electron chi connectivity index (χ1n) is 10.1. The Labute approximate surface area is 203 Å². The zero-order valence-corrected chi connectivity index (χ0v) is 18.0. The van der Waals surface area contributed by atoms with Crippen LogP contribution in [0, 0.1) is 0 Å². The number of benzene rings is 4. The number of phenols is 2. The molecule has 0 aromatic heterocycles. The van der Waals surface area contributed by atoms with Crippen molar-refractivity contribution in [1.82, 2.24) is 0 Å². The molecule has 202 valence electrons. The highest BCUT2D eigenvalue weighted by Crippen LogP contribution is 2.53. The molecule has 0 aliphatic carbocycles. The molecule has 0 fully saturated rings. The minimum atomic E-state index is -5.43. The molecule has 0 aliphatic heterocycles. The number of hydrogen-bond donors (Lipinski definition) is 2. The first-order chi connectivity index (χ1) is 17.2. The molecule has 2 N–H and O–H groups in total. The molecule has 0 amide bonds. The fraction of sp³-hybridized carbons (Fsp3) is 0.167. The van der Waals surface area contributed by atoms with E-state index in [-0.39, 0.29) is 24.3 Å². The Morgan fingerprint density at radius 2 is 0.737 bits per heavy atom. The van der Waals surface area contributed by atoms with Gasteiger partial charge in [-0.1, -0.05) is 12.1 Å². The summed E-state index contributed by atoms with van der Waals surface area (Å²) in [4.78, 5) is 0. The zero-order chi connectivity index (χ0) is 28.6. The normalized spacial score (nSPS) is 13.5. The third kappa shape index (κ3) is 4.63. The quantitative estimate of drug-likeness (QED) is 0.229. The van der Waals surface area contributed by atoms with E-state index in [1.54, 1.807) is 0 Å². The van der Waals surface area contributed by atoms with Crippen LogP contribution < -0.4 is 0 Å². The van der Waals surface area contributed by atoms with E-state index in [0.717, 1.165) is 0 Å². The van der Waals surface area contributed by atoms with Gasteiger partial charge in [-0.05, 0) is 57.9 Å². The highest BCUT2D eigenvalue weighted by atomic mass is 19.4. The van der Waals surface area contributed by atoms with E-state index >= 15 is 0 Å². The summed E-state index contributed by atoms with van der Waals surface area (Å²) in [5, 5.41) is 18.2. The van der Waals surface area contributed by atoms with Gasteiger partial charge in [-0.15, -0.1) is 0 Å². The van der Waals surface area contributed by atoms with Crippen molar-refractivity contribution in [2.75, 3.05) is 0 Å². The van der Waals surface area contributed by atoms with E-state index in [1.165, 1.54) is 0 Å². The van der Waals surface area contributed by atoms with Crippen molar-refractivity contribution in [2.24, 2.45) is 0 Å². The lowest BCUT2D eigenvalue weighted by Crippen LogP contribution is -2.09. The predicted octanol–water partition coefficient (Wildman–Crippen LogP) is 9.15. The van der Waals surface area contributed by atoms with Gasteiger partial charge in [-0.25, -0.2) is 0 Å². The van der Waals surface area contributed by atoms with E-state index in [2.05, 4.69) is 0 Å². The van der Waals surface area contributed by atoms with Crippen molar-refractivity contribution < 1.29 is 62.9 Å². The monoisotopic (exact) mass is 558 g/mol. The van der Waals surface area contributed by atoms with Crippen molar-refractivity contribution in [2.45, 2.75) is 24.7 Å². The lowest BCUT2D eigenvalue weighted by atomic mass is 9.87. The number of phenolic OH excluding ortho intramolecular Hbond substituents is 2. The Balaban J connectivity index is 2.26. The molecular formula is C24H10F12O2. The van der Waals surface area contributed by atoms with Gasteiger partial charge in [0.05, 0.1) is 22.3 Å². The molecule has 0 unspecified atom stereocenters. The lowest BCUT2D eigenvalue weighted by molar-refractivity contribution is -0.139. The first-order valence-corrected chi connectivity index (χ1v) is 10.1. The zero-order valence-electron chi connectivity index (χ0n) is 18.0. The van der Waals surface area contributed by atoms with Crippen LogP contribution in [0.25, 0.3) is 32.7 Å². The van der Waals surface area contributed by atoms with Crippen molar-refractivity contribution in [1.29, 1.82) is 0 Å². The maximum atomic E-state index is 13.7. The van der Waals surface area contributed by atoms with Crippen LogP contribution in [0.1, 0.15) is 22.3 Å². The summed E-state index contributed by atoms with van der Waals surface area (Å²) in [5.74, 6) is -3.50. The van der Waals surface area contributed by atoms with Crippen LogP contribution in [-0.2, 0) is 24.7 Å². The van der Waals surface area contributed by atoms with E-state index < -0.39 is 91.1 Å². The highest BCUT2D eigenvalue weighted by Gasteiger charge is 2.40. The van der Waals surface area contributed by atoms with Crippen LogP contribution in [-0.4, -0.2) is 10.2 Å². The number of fused-ring (bicyclic) bond motifs is 2. The van der Waals surface area contributed by atoms with Crippen LogP contribution >= 0.6 is 0 Å². The van der Waals surface area contributed by atoms with Gasteiger partial charge in [0.15, 0.2) is 0 Å². The number of rotatable bonds is 1. The highest BCUT2D eigenvalue weighted by molar-refractivity contribution is 6.11. The molecule has 4 aromatic rings. The Bertz CT molecular complexity index is 1460. The molecule has 0 bridgehead atoms. The van der Waals surface area contributed by atoms with Crippen molar-refractivity contribution in [3.8, 4) is 22.6 Å². The van der Waals surface area contributed by atoms with Gasteiger partial charge >= 0.3 is 24.7 Å². The lowest BCUT2D eigenvalue weighted by Gasteiger charge is -2.21. The predicted molar refractivity (Wildman–Crippen MR) is 110 cm³/mol. The summed E-state index contributed by atoms with van der Waals surface area (Å²) < 4.78 is 162. The Kier molecular flexibility index (Phi) is 5.96. The summed E-state index contributed by atoms with van der Waals surface area (Å²) in [6.45, 7) is 0. The Morgan fingerprint density at radius 1 is 0.421 bits per heavy atom. The van der Waals surface area contributed by atoms with E-state index in [9.17, 15) is 62.9 Å². The second-order valence-electron chi connectivity index (χ2n) is 8.16. The summed E-state index contributed by atoms with van der Waals surface area (Å²) in [6, 6.07) is 2.69. The summed E-state index contributed by atoms with van der Waals surface area (Å²) in [7, 11) is 0. The van der Waals surface area contributed by atoms with Crippen LogP contribution in [0.15, 0.2) is 48.5 Å². The third-order valence-electron chi connectivity index (χ3n) is 5.74. The number of alkyl halides is 12. The number of halogens is 12. The maximum Gasteiger partial charge on any atom is 0.419 e. The minimum Gasteiger partial charge on any atom is -0.507 e. The fourth-order valence-corrected chi connectivity index (χ4v) is 4.08. The average Bonchev–Trinajstić information content (AvgIpc) is 2.75. The van der Waals surface area contributed by atoms with Crippen LogP contribution in [0.3, 0.4) is 0 Å². The molecule has 14 heteroatoms. The van der Waals surface area contributed by atoms with Gasteiger partial charge in [0.2, 0.25) is 0 Å². The standard InChI is InChI=1S/C24H10F12O2/c25-21(26,27)11-1-3-13-9(5-11)7-15(23(31,32)33)19(37)17(13)18-14-4-2-12(22(28,29)30)6-10(14)8-16(20(18)38)24(34,35)36/h1-8,37-38H. The summed E-state index contributed by atoms with van der Waals surface area (Å²) in [6.07, 6.45) is -20.9. The number of hydrogen-bond acceptors (Lipinski definition) is 2. The minimum absolute atomic E-state index is 0.137. The third-order valence-corrected chi connectivity index (χ3v) is 5.74. The molecule has 0 atom stereocenters. The van der Waals surface area contributed by atoms with Gasteiger partial charge in [0, 0.05) is 11.1 Å². The van der Waals surface area contributed by atoms with E-state index in [1.807, 2.05) is 0 Å². The second-order valence-corrected chi connectivity index (χ2v) is 8.16. The fourth-order valence-electron chi connectivity index (χ4n) is 4.08. The molecule has 38 heavy (non-hydrogen) atoms. The topological polar surface area (TPSA) is 40.5 Å². The van der Waals surface area contributed by atoms with Crippen molar-refractivity contribution in [3.05, 3.63) is 70.8 Å². The van der Waals surface area contributed by atoms with Gasteiger partial charge < -0.3 is 10.2 Å². The van der Waals surface area contributed by atoms with Crippen molar-refractivity contribution >= 4 is 21.5 Å². The van der Waals surface area contributed by atoms with Crippen LogP contribution in [0.5, 0.6) is 11.5 Å². The largest absolute Gasteiger partial charge is 0.507 e. The van der Waals surface area contributed by atoms with E-state index in [4.69, 9.17) is 0 Å². The van der Waals surface area contributed by atoms with Crippen LogP contribution in [0.2, 0.25) is 0 Å². The van der Waals surface area contributed by atoms with E-state index in [0.29, 0.717) is 24.3 Å². The molecule has 0 heterocycles. The van der Waals surface area contributed by atoms with Gasteiger partial charge in [0.25, 0.3) is 0 Å². The van der Waals surface area contributed by atoms with Crippen LogP contribution in [0.4, 0.5) is 52.7 Å². The maximum absolute atomic E-state index is 13.7. The van der Waals surface area contributed by atoms with Gasteiger partial charge in [-0.2, -0.15) is 52.7 Å². The number of aromatic hydroxyl groups is 2. The first kappa shape index (κ1) is 27.2. The molecule has 0 radical (unpaired) electrons. The molecule has 0 spiro atoms. The SMILES string of the molecule is Oc1c(C(F)(F)F)cc2cc(C(F)(F)F)ccc2c1-c1c(O)c(C(F)(F)F)cc2cc(C(F)(F)F)ccc12. The molecule has 0 aliphatic rings. The molecule has 2 nitrogen and oxygen atoms in total. The van der Waals surface area contributed by atoms with Crippen molar-refractivity contribution in [3.63, 3.8) is 0 Å². The second kappa shape index (κ2) is 8.33. The smallest absolute Gasteiger partial charge is 0.419 e. The Morgan fingerprint density at radius 3 is 1.00 bits per heavy atom.